The maximum atomic E-state index is 12.8. The predicted molar refractivity (Wildman–Crippen MR) is 106 cm³/mol. The lowest BCUT2D eigenvalue weighted by Gasteiger charge is -2.32. The van der Waals surface area contributed by atoms with Crippen molar-refractivity contribution in [2.75, 3.05) is 13.1 Å². The Kier molecular flexibility index (Phi) is 5.17. The number of carbonyl (C=O) groups is 2. The highest BCUT2D eigenvalue weighted by Gasteiger charge is 2.31. The van der Waals surface area contributed by atoms with Crippen LogP contribution in [0.5, 0.6) is 0 Å². The number of hydrogen-bond donors (Lipinski definition) is 1. The minimum atomic E-state index is -0.150. The first kappa shape index (κ1) is 18.1. The molecule has 0 saturated carbocycles. The van der Waals surface area contributed by atoms with Crippen LogP contribution >= 0.6 is 11.6 Å². The molecular weight excluding hydrogens is 360 g/mol. The van der Waals surface area contributed by atoms with Crippen molar-refractivity contribution >= 4 is 23.4 Å². The lowest BCUT2D eigenvalue weighted by molar-refractivity contribution is -0.127. The van der Waals surface area contributed by atoms with Crippen LogP contribution in [0, 0.1) is 5.92 Å². The Morgan fingerprint density at radius 2 is 1.81 bits per heavy atom. The zero-order valence-electron chi connectivity index (χ0n) is 15.2. The summed E-state index contributed by atoms with van der Waals surface area (Å²) in [5.41, 5.74) is 3.17. The zero-order valence-corrected chi connectivity index (χ0v) is 15.9. The second-order valence-electron chi connectivity index (χ2n) is 7.40. The largest absolute Gasteiger partial charge is 0.349 e. The molecule has 0 bridgehead atoms. The van der Waals surface area contributed by atoms with E-state index in [4.69, 9.17) is 11.6 Å². The number of carbonyl (C=O) groups excluding carboxylic acids is 2. The number of nitrogens with zero attached hydrogens (tertiary/aromatic N) is 1. The summed E-state index contributed by atoms with van der Waals surface area (Å²) in [6.45, 7) is 1.17. The quantitative estimate of drug-likeness (QED) is 0.872. The van der Waals surface area contributed by atoms with Crippen molar-refractivity contribution < 1.29 is 9.59 Å². The highest BCUT2D eigenvalue weighted by molar-refractivity contribution is 6.30. The third-order valence-electron chi connectivity index (χ3n) is 5.62. The van der Waals surface area contributed by atoms with Crippen molar-refractivity contribution in [3.63, 3.8) is 0 Å². The monoisotopic (exact) mass is 382 g/mol. The van der Waals surface area contributed by atoms with Gasteiger partial charge in [-0.3, -0.25) is 9.59 Å². The molecule has 2 aromatic carbocycles. The summed E-state index contributed by atoms with van der Waals surface area (Å²) in [5, 5.41) is 3.83. The molecule has 2 aromatic rings. The van der Waals surface area contributed by atoms with E-state index in [-0.39, 0.29) is 23.8 Å². The molecule has 1 aliphatic carbocycles. The fourth-order valence-electron chi connectivity index (χ4n) is 4.15. The van der Waals surface area contributed by atoms with E-state index >= 15 is 0 Å². The van der Waals surface area contributed by atoms with Gasteiger partial charge in [0.25, 0.3) is 5.91 Å². The Morgan fingerprint density at radius 1 is 1.04 bits per heavy atom. The van der Waals surface area contributed by atoms with Gasteiger partial charge in [0.1, 0.15) is 0 Å². The number of nitrogens with one attached hydrogen (secondary N) is 1. The molecule has 1 heterocycles. The van der Waals surface area contributed by atoms with E-state index in [1.807, 2.05) is 12.1 Å². The summed E-state index contributed by atoms with van der Waals surface area (Å²) in [7, 11) is 0. The van der Waals surface area contributed by atoms with Gasteiger partial charge in [-0.25, -0.2) is 0 Å². The average Bonchev–Trinajstić information content (AvgIpc) is 3.11. The van der Waals surface area contributed by atoms with Gasteiger partial charge in [0.15, 0.2) is 0 Å². The van der Waals surface area contributed by atoms with Crippen LogP contribution in [-0.4, -0.2) is 29.8 Å². The maximum absolute atomic E-state index is 12.8. The number of rotatable bonds is 3. The van der Waals surface area contributed by atoms with Crippen molar-refractivity contribution in [2.45, 2.75) is 31.7 Å². The first-order valence-corrected chi connectivity index (χ1v) is 9.92. The number of halogens is 1. The van der Waals surface area contributed by atoms with Gasteiger partial charge in [-0.2, -0.15) is 0 Å². The molecule has 0 aromatic heterocycles. The van der Waals surface area contributed by atoms with Gasteiger partial charge in [0, 0.05) is 23.7 Å². The summed E-state index contributed by atoms with van der Waals surface area (Å²) in [4.78, 5) is 27.4. The second-order valence-corrected chi connectivity index (χ2v) is 7.83. The van der Waals surface area contributed by atoms with Crippen molar-refractivity contribution in [3.8, 4) is 0 Å². The Morgan fingerprint density at radius 3 is 2.63 bits per heavy atom. The molecule has 1 aliphatic heterocycles. The molecule has 1 N–H and O–H groups in total. The number of piperidine rings is 1. The molecular formula is C22H23ClN2O2. The highest BCUT2D eigenvalue weighted by Crippen LogP contribution is 2.31. The first-order chi connectivity index (χ1) is 13.1. The van der Waals surface area contributed by atoms with Gasteiger partial charge < -0.3 is 10.2 Å². The summed E-state index contributed by atoms with van der Waals surface area (Å²) in [6, 6.07) is 15.3. The second kappa shape index (κ2) is 7.73. The first-order valence-electron chi connectivity index (χ1n) is 9.55. The molecule has 5 heteroatoms. The van der Waals surface area contributed by atoms with Crippen LogP contribution < -0.4 is 5.32 Å². The van der Waals surface area contributed by atoms with Crippen LogP contribution in [0.1, 0.15) is 46.8 Å². The highest BCUT2D eigenvalue weighted by atomic mass is 35.5. The van der Waals surface area contributed by atoms with Gasteiger partial charge >= 0.3 is 0 Å². The van der Waals surface area contributed by atoms with E-state index in [9.17, 15) is 9.59 Å². The van der Waals surface area contributed by atoms with Gasteiger partial charge in [-0.1, -0.05) is 35.9 Å². The number of aryl methyl sites for hydroxylation is 1. The summed E-state index contributed by atoms with van der Waals surface area (Å²) < 4.78 is 0. The maximum Gasteiger partial charge on any atom is 0.253 e. The number of benzene rings is 2. The van der Waals surface area contributed by atoms with Gasteiger partial charge in [0.05, 0.1) is 12.0 Å². The Balaban J connectivity index is 1.40. The number of hydrogen-bond acceptors (Lipinski definition) is 2. The van der Waals surface area contributed by atoms with Crippen LogP contribution in [-0.2, 0) is 11.2 Å². The molecule has 1 fully saturated rings. The molecule has 140 valence electrons. The molecule has 0 spiro atoms. The molecule has 1 saturated heterocycles. The Hall–Kier alpha value is -2.33. The van der Waals surface area contributed by atoms with Crippen molar-refractivity contribution in [3.05, 3.63) is 70.2 Å². The SMILES string of the molecule is O=C(N[C@@H]1CCc2ccccc21)[C@H]1CCCN(C(=O)c2ccc(Cl)cc2)C1. The normalized spacial score (nSPS) is 21.6. The van der Waals surface area contributed by atoms with Crippen molar-refractivity contribution in [1.82, 2.24) is 10.2 Å². The molecule has 2 amide bonds. The smallest absolute Gasteiger partial charge is 0.253 e. The third kappa shape index (κ3) is 3.86. The molecule has 2 aliphatic rings. The number of amides is 2. The number of fused-ring (bicyclic) bond motifs is 1. The summed E-state index contributed by atoms with van der Waals surface area (Å²) in [5.74, 6) is -0.122. The molecule has 0 radical (unpaired) electrons. The summed E-state index contributed by atoms with van der Waals surface area (Å²) >= 11 is 5.91. The lowest BCUT2D eigenvalue weighted by atomic mass is 9.95. The van der Waals surface area contributed by atoms with Crippen LogP contribution in [0.25, 0.3) is 0 Å². The van der Waals surface area contributed by atoms with E-state index in [0.717, 1.165) is 25.7 Å². The Bertz CT molecular complexity index is 850. The number of likely N-dealkylation sites (tertiary alicyclic amines) is 1. The average molecular weight is 383 g/mol. The molecule has 0 unspecified atom stereocenters. The zero-order chi connectivity index (χ0) is 18.8. The third-order valence-corrected chi connectivity index (χ3v) is 5.87. The van der Waals surface area contributed by atoms with Crippen LogP contribution in [0.15, 0.2) is 48.5 Å². The minimum Gasteiger partial charge on any atom is -0.349 e. The molecule has 27 heavy (non-hydrogen) atoms. The van der Waals surface area contributed by atoms with E-state index in [1.54, 1.807) is 29.2 Å². The molecule has 4 rings (SSSR count). The van der Waals surface area contributed by atoms with E-state index in [2.05, 4.69) is 17.4 Å². The van der Waals surface area contributed by atoms with E-state index in [0.29, 0.717) is 23.7 Å². The van der Waals surface area contributed by atoms with Crippen LogP contribution in [0.2, 0.25) is 5.02 Å². The van der Waals surface area contributed by atoms with Crippen LogP contribution in [0.4, 0.5) is 0 Å². The van der Waals surface area contributed by atoms with Crippen molar-refractivity contribution in [2.24, 2.45) is 5.92 Å². The summed E-state index contributed by atoms with van der Waals surface area (Å²) in [6.07, 6.45) is 3.63. The molecule has 2 atom stereocenters. The molecule has 4 nitrogen and oxygen atoms in total. The fraction of sp³-hybridized carbons (Fsp3) is 0.364. The minimum absolute atomic E-state index is 0.0321. The fourth-order valence-corrected chi connectivity index (χ4v) is 4.27. The van der Waals surface area contributed by atoms with Gasteiger partial charge in [-0.15, -0.1) is 0 Å². The Labute approximate surface area is 164 Å². The predicted octanol–water partition coefficient (Wildman–Crippen LogP) is 4.00. The van der Waals surface area contributed by atoms with Crippen molar-refractivity contribution in [1.29, 1.82) is 0 Å². The van der Waals surface area contributed by atoms with Gasteiger partial charge in [-0.05, 0) is 61.1 Å². The standard InChI is InChI=1S/C22H23ClN2O2/c23-18-10-7-16(8-11-18)22(27)25-13-3-5-17(14-25)21(26)24-20-12-9-15-4-1-2-6-19(15)20/h1-2,4,6-8,10-11,17,20H,3,5,9,12-14H2,(H,24,26)/t17-,20+/m0/s1. The van der Waals surface area contributed by atoms with E-state index in [1.165, 1.54) is 11.1 Å². The lowest BCUT2D eigenvalue weighted by Crippen LogP contribution is -2.46. The van der Waals surface area contributed by atoms with Crippen LogP contribution in [0.3, 0.4) is 0 Å². The van der Waals surface area contributed by atoms with E-state index < -0.39 is 0 Å². The topological polar surface area (TPSA) is 49.4 Å². The van der Waals surface area contributed by atoms with Gasteiger partial charge in [0.2, 0.25) is 5.91 Å².